The zero-order valence-corrected chi connectivity index (χ0v) is 8.80. The van der Waals surface area contributed by atoms with Gasteiger partial charge in [-0.2, -0.15) is 0 Å². The third kappa shape index (κ3) is 3.64. The van der Waals surface area contributed by atoms with Crippen molar-refractivity contribution < 1.29 is 0 Å². The third-order valence-corrected chi connectivity index (χ3v) is 2.06. The number of nitrogens with zero attached hydrogens (tertiary/aromatic N) is 1. The molecule has 0 aliphatic heterocycles. The lowest BCUT2D eigenvalue weighted by Gasteiger charge is -2.08. The number of hydrogen-bond donors (Lipinski definition) is 1. The van der Waals surface area contributed by atoms with E-state index in [2.05, 4.69) is 10.3 Å². The summed E-state index contributed by atoms with van der Waals surface area (Å²) in [5, 5.41) is 3.47. The zero-order chi connectivity index (χ0) is 9.68. The molecule has 0 radical (unpaired) electrons. The number of alkyl halides is 1. The van der Waals surface area contributed by atoms with Crippen molar-refractivity contribution >= 4 is 17.4 Å². The van der Waals surface area contributed by atoms with Gasteiger partial charge >= 0.3 is 0 Å². The Morgan fingerprint density at radius 3 is 3.00 bits per heavy atom. The van der Waals surface area contributed by atoms with Crippen LogP contribution >= 0.6 is 11.6 Å². The van der Waals surface area contributed by atoms with Crippen molar-refractivity contribution in [3.8, 4) is 0 Å². The van der Waals surface area contributed by atoms with Gasteiger partial charge in [-0.25, -0.2) is 4.98 Å². The second-order valence-corrected chi connectivity index (χ2v) is 3.91. The van der Waals surface area contributed by atoms with Gasteiger partial charge in [-0.3, -0.25) is 0 Å². The molecule has 2 nitrogen and oxygen atoms in total. The van der Waals surface area contributed by atoms with Gasteiger partial charge in [-0.1, -0.05) is 6.07 Å². The van der Waals surface area contributed by atoms with Crippen LogP contribution in [-0.4, -0.2) is 16.9 Å². The highest BCUT2D eigenvalue weighted by Gasteiger charge is 1.98. The van der Waals surface area contributed by atoms with Crippen LogP contribution in [-0.2, 0) is 0 Å². The highest BCUT2D eigenvalue weighted by Crippen LogP contribution is 2.09. The molecule has 1 unspecified atom stereocenters. The molecule has 1 N–H and O–H groups in total. The average Bonchev–Trinajstić information content (AvgIpc) is 2.08. The number of aromatic nitrogens is 1. The molecular weight excluding hydrogens is 184 g/mol. The molecule has 13 heavy (non-hydrogen) atoms. The molecule has 0 aliphatic carbocycles. The lowest BCUT2D eigenvalue weighted by molar-refractivity contribution is 0.838. The normalized spacial score (nSPS) is 12.5. The van der Waals surface area contributed by atoms with Crippen LogP contribution in [0, 0.1) is 6.92 Å². The minimum atomic E-state index is 0.219. The fourth-order valence-electron chi connectivity index (χ4n) is 1.06. The van der Waals surface area contributed by atoms with Crippen molar-refractivity contribution in [2.24, 2.45) is 0 Å². The summed E-state index contributed by atoms with van der Waals surface area (Å²) in [6.07, 6.45) is 2.75. The number of aryl methyl sites for hydroxylation is 1. The van der Waals surface area contributed by atoms with Crippen LogP contribution in [0.2, 0.25) is 0 Å². The van der Waals surface area contributed by atoms with Crippen LogP contribution in [0.4, 0.5) is 5.82 Å². The summed E-state index contributed by atoms with van der Waals surface area (Å²) in [5.41, 5.74) is 1.17. The third-order valence-electron chi connectivity index (χ3n) is 1.84. The molecule has 72 valence electrons. The van der Waals surface area contributed by atoms with Crippen LogP contribution in [0.5, 0.6) is 0 Å². The Labute approximate surface area is 84.3 Å². The Morgan fingerprint density at radius 2 is 2.38 bits per heavy atom. The maximum atomic E-state index is 5.82. The predicted octanol–water partition coefficient (Wildman–Crippen LogP) is 2.82. The van der Waals surface area contributed by atoms with Gasteiger partial charge in [-0.15, -0.1) is 11.6 Å². The number of nitrogens with one attached hydrogen (secondary N) is 1. The van der Waals surface area contributed by atoms with E-state index in [1.54, 1.807) is 6.20 Å². The van der Waals surface area contributed by atoms with E-state index in [-0.39, 0.29) is 5.38 Å². The quantitative estimate of drug-likeness (QED) is 0.753. The van der Waals surface area contributed by atoms with E-state index < -0.39 is 0 Å². The van der Waals surface area contributed by atoms with Crippen LogP contribution in [0.3, 0.4) is 0 Å². The number of halogens is 1. The van der Waals surface area contributed by atoms with Gasteiger partial charge in [-0.05, 0) is 31.9 Å². The van der Waals surface area contributed by atoms with Crippen LogP contribution in [0.25, 0.3) is 0 Å². The first-order chi connectivity index (χ1) is 6.20. The van der Waals surface area contributed by atoms with Crippen molar-refractivity contribution in [1.29, 1.82) is 0 Å². The van der Waals surface area contributed by atoms with Crippen molar-refractivity contribution in [2.75, 3.05) is 11.9 Å². The second-order valence-electron chi connectivity index (χ2n) is 3.17. The molecule has 1 rings (SSSR count). The van der Waals surface area contributed by atoms with E-state index in [0.29, 0.717) is 0 Å². The van der Waals surface area contributed by atoms with Crippen LogP contribution < -0.4 is 5.32 Å². The molecule has 1 aromatic rings. The highest BCUT2D eigenvalue weighted by atomic mass is 35.5. The molecule has 0 aromatic carbocycles. The highest BCUT2D eigenvalue weighted by molar-refractivity contribution is 6.20. The van der Waals surface area contributed by atoms with Gasteiger partial charge < -0.3 is 5.32 Å². The smallest absolute Gasteiger partial charge is 0.128 e. The van der Waals surface area contributed by atoms with Gasteiger partial charge in [0.2, 0.25) is 0 Å². The van der Waals surface area contributed by atoms with E-state index in [9.17, 15) is 0 Å². The van der Waals surface area contributed by atoms with Crippen molar-refractivity contribution in [1.82, 2.24) is 4.98 Å². The Hall–Kier alpha value is -0.760. The molecule has 0 amide bonds. The van der Waals surface area contributed by atoms with E-state index in [1.807, 2.05) is 26.0 Å². The molecule has 3 heteroatoms. The summed E-state index contributed by atoms with van der Waals surface area (Å²) in [7, 11) is 0. The van der Waals surface area contributed by atoms with Crippen LogP contribution in [0.1, 0.15) is 18.9 Å². The summed E-state index contributed by atoms with van der Waals surface area (Å²) in [5.74, 6) is 0.958. The van der Waals surface area contributed by atoms with Crippen molar-refractivity contribution in [3.05, 3.63) is 23.9 Å². The molecule has 0 aliphatic rings. The van der Waals surface area contributed by atoms with E-state index in [1.165, 1.54) is 5.56 Å². The SMILES string of the molecule is Cc1cccnc1NCCC(C)Cl. The second kappa shape index (κ2) is 5.07. The lowest BCUT2D eigenvalue weighted by Crippen LogP contribution is -2.08. The maximum absolute atomic E-state index is 5.82. The van der Waals surface area contributed by atoms with Gasteiger partial charge in [0.05, 0.1) is 0 Å². The van der Waals surface area contributed by atoms with E-state index in [4.69, 9.17) is 11.6 Å². The lowest BCUT2D eigenvalue weighted by atomic mass is 10.3. The van der Waals surface area contributed by atoms with Crippen molar-refractivity contribution in [2.45, 2.75) is 25.6 Å². The van der Waals surface area contributed by atoms with Gasteiger partial charge in [0.25, 0.3) is 0 Å². The molecule has 1 aromatic heterocycles. The Kier molecular flexibility index (Phi) is 4.03. The molecular formula is C10H15ClN2. The van der Waals surface area contributed by atoms with Crippen LogP contribution in [0.15, 0.2) is 18.3 Å². The molecule has 0 spiro atoms. The predicted molar refractivity (Wildman–Crippen MR) is 57.4 cm³/mol. The fraction of sp³-hybridized carbons (Fsp3) is 0.500. The standard InChI is InChI=1S/C10H15ClN2/c1-8-4-3-6-12-10(8)13-7-5-9(2)11/h3-4,6,9H,5,7H2,1-2H3,(H,12,13). The summed E-state index contributed by atoms with van der Waals surface area (Å²) in [4.78, 5) is 4.22. The molecule has 0 bridgehead atoms. The molecule has 0 saturated carbocycles. The minimum absolute atomic E-state index is 0.219. The van der Waals surface area contributed by atoms with E-state index >= 15 is 0 Å². The maximum Gasteiger partial charge on any atom is 0.128 e. The molecule has 1 heterocycles. The van der Waals surface area contributed by atoms with E-state index in [0.717, 1.165) is 18.8 Å². The summed E-state index contributed by atoms with van der Waals surface area (Å²) >= 11 is 5.82. The van der Waals surface area contributed by atoms with Crippen molar-refractivity contribution in [3.63, 3.8) is 0 Å². The van der Waals surface area contributed by atoms with Gasteiger partial charge in [0.15, 0.2) is 0 Å². The first-order valence-corrected chi connectivity index (χ1v) is 4.93. The summed E-state index contributed by atoms with van der Waals surface area (Å²) in [6.45, 7) is 4.91. The number of hydrogen-bond acceptors (Lipinski definition) is 2. The number of rotatable bonds is 4. The van der Waals surface area contributed by atoms with Gasteiger partial charge in [0, 0.05) is 18.1 Å². The Bertz CT molecular complexity index is 261. The molecule has 0 fully saturated rings. The topological polar surface area (TPSA) is 24.9 Å². The fourth-order valence-corrected chi connectivity index (χ4v) is 1.17. The largest absolute Gasteiger partial charge is 0.370 e. The molecule has 1 atom stereocenters. The molecule has 0 saturated heterocycles. The summed E-state index contributed by atoms with van der Waals surface area (Å²) in [6, 6.07) is 3.98. The number of anilines is 1. The Balaban J connectivity index is 2.41. The Morgan fingerprint density at radius 1 is 1.62 bits per heavy atom. The first-order valence-electron chi connectivity index (χ1n) is 4.49. The van der Waals surface area contributed by atoms with Gasteiger partial charge in [0.1, 0.15) is 5.82 Å². The number of pyridine rings is 1. The average molecular weight is 199 g/mol. The monoisotopic (exact) mass is 198 g/mol. The first kappa shape index (κ1) is 10.3. The minimum Gasteiger partial charge on any atom is -0.370 e. The summed E-state index contributed by atoms with van der Waals surface area (Å²) < 4.78 is 0. The zero-order valence-electron chi connectivity index (χ0n) is 8.05.